The van der Waals surface area contributed by atoms with Crippen LogP contribution >= 0.6 is 0 Å². The lowest BCUT2D eigenvalue weighted by molar-refractivity contribution is -0.140. The Balaban J connectivity index is 3.45. The van der Waals surface area contributed by atoms with Crippen LogP contribution < -0.4 is 5.32 Å². The molecule has 1 aromatic carbocycles. The van der Waals surface area contributed by atoms with Crippen LogP contribution in [-0.4, -0.2) is 48.8 Å². The fraction of sp³-hybridized carbons (Fsp3) is 0.579. The van der Waals surface area contributed by atoms with Crippen molar-refractivity contribution in [1.29, 1.82) is 0 Å². The van der Waals surface area contributed by atoms with Crippen molar-refractivity contribution in [2.75, 3.05) is 13.1 Å². The minimum atomic E-state index is -4.07. The fourth-order valence-electron chi connectivity index (χ4n) is 2.89. The molecule has 1 atom stereocenters. The maximum Gasteiger partial charge on any atom is 0.321 e. The number of aliphatic carboxylic acids is 1. The molecule has 0 bridgehead atoms. The predicted molar refractivity (Wildman–Crippen MR) is 104 cm³/mol. The summed E-state index contributed by atoms with van der Waals surface area (Å²) in [5.41, 5.74) is 2.01. The Bertz CT molecular complexity index is 802. The van der Waals surface area contributed by atoms with Crippen molar-refractivity contribution >= 4 is 21.9 Å². The van der Waals surface area contributed by atoms with Crippen molar-refractivity contribution in [2.45, 2.75) is 64.8 Å². The molecule has 0 saturated heterocycles. The number of hydrogen-bond acceptors (Lipinski definition) is 4. The quantitative estimate of drug-likeness (QED) is 0.733. The summed E-state index contributed by atoms with van der Waals surface area (Å²) in [6.07, 6.45) is 0. The van der Waals surface area contributed by atoms with Crippen molar-refractivity contribution in [1.82, 2.24) is 9.62 Å². The summed E-state index contributed by atoms with van der Waals surface area (Å²) >= 11 is 0. The summed E-state index contributed by atoms with van der Waals surface area (Å²) in [4.78, 5) is 22.7. The van der Waals surface area contributed by atoms with E-state index >= 15 is 0 Å². The molecule has 1 amide bonds. The van der Waals surface area contributed by atoms with Crippen LogP contribution in [0.25, 0.3) is 0 Å². The molecule has 8 heteroatoms. The molecular formula is C19H30N2O5S. The van der Waals surface area contributed by atoms with E-state index in [-0.39, 0.29) is 29.3 Å². The number of carboxylic acids is 1. The van der Waals surface area contributed by atoms with Gasteiger partial charge in [-0.05, 0) is 42.9 Å². The molecule has 1 unspecified atom stereocenters. The molecule has 152 valence electrons. The fourth-order valence-corrected chi connectivity index (χ4v) is 4.90. The minimum absolute atomic E-state index is 0.0321. The number of carbonyl (C=O) groups excluding carboxylic acids is 1. The highest BCUT2D eigenvalue weighted by Gasteiger charge is 2.35. The molecule has 0 saturated carbocycles. The van der Waals surface area contributed by atoms with Crippen LogP contribution in [0.5, 0.6) is 0 Å². The number of carboxylic acid groups (broad SMARTS) is 1. The molecule has 0 aliphatic heterocycles. The van der Waals surface area contributed by atoms with Crippen molar-refractivity contribution in [2.24, 2.45) is 0 Å². The van der Waals surface area contributed by atoms with Crippen LogP contribution in [0, 0.1) is 13.8 Å². The van der Waals surface area contributed by atoms with Crippen molar-refractivity contribution in [3.63, 3.8) is 0 Å². The average molecular weight is 399 g/mol. The highest BCUT2D eigenvalue weighted by molar-refractivity contribution is 7.89. The lowest BCUT2D eigenvalue weighted by Crippen LogP contribution is -2.47. The largest absolute Gasteiger partial charge is 0.480 e. The first kappa shape index (κ1) is 23.1. The summed E-state index contributed by atoms with van der Waals surface area (Å²) in [6.45, 7) is 12.1. The Morgan fingerprint density at radius 2 is 1.67 bits per heavy atom. The van der Waals surface area contributed by atoms with Gasteiger partial charge in [0.1, 0.15) is 6.04 Å². The van der Waals surface area contributed by atoms with Gasteiger partial charge in [-0.2, -0.15) is 4.31 Å². The third kappa shape index (κ3) is 5.52. The van der Waals surface area contributed by atoms with Crippen LogP contribution in [0.1, 0.15) is 51.3 Å². The summed E-state index contributed by atoms with van der Waals surface area (Å²) < 4.78 is 27.5. The van der Waals surface area contributed by atoms with Crippen molar-refractivity contribution < 1.29 is 23.1 Å². The Labute approximate surface area is 161 Å². The second kappa shape index (κ2) is 8.39. The van der Waals surface area contributed by atoms with Gasteiger partial charge in [-0.3, -0.25) is 9.59 Å². The molecule has 2 N–H and O–H groups in total. The second-order valence-electron chi connectivity index (χ2n) is 7.80. The van der Waals surface area contributed by atoms with Gasteiger partial charge in [-0.25, -0.2) is 8.42 Å². The number of nitrogens with zero attached hydrogens (tertiary/aromatic N) is 1. The molecule has 0 aliphatic rings. The van der Waals surface area contributed by atoms with Crippen molar-refractivity contribution in [3.05, 3.63) is 28.8 Å². The Morgan fingerprint density at radius 1 is 1.19 bits per heavy atom. The number of rotatable bonds is 7. The Kier molecular flexibility index (Phi) is 7.18. The zero-order chi connectivity index (χ0) is 21.2. The van der Waals surface area contributed by atoms with E-state index in [9.17, 15) is 23.1 Å². The van der Waals surface area contributed by atoms with E-state index in [1.807, 2.05) is 32.9 Å². The van der Waals surface area contributed by atoms with E-state index in [1.54, 1.807) is 13.8 Å². The summed E-state index contributed by atoms with van der Waals surface area (Å²) in [5, 5.41) is 11.9. The topological polar surface area (TPSA) is 104 Å². The SMILES string of the molecule is CC(=O)NCCN(C(C)C(=O)O)S(=O)(=O)c1c(C)cc(C(C)(C)C)cc1C. The first-order valence-corrected chi connectivity index (χ1v) is 10.2. The van der Waals surface area contributed by atoms with E-state index in [1.165, 1.54) is 13.8 Å². The number of aryl methyl sites for hydroxylation is 2. The second-order valence-corrected chi connectivity index (χ2v) is 9.63. The highest BCUT2D eigenvalue weighted by atomic mass is 32.2. The normalized spacial score (nSPS) is 13.5. The lowest BCUT2D eigenvalue weighted by atomic mass is 9.85. The van der Waals surface area contributed by atoms with Crippen LogP contribution in [0.15, 0.2) is 17.0 Å². The molecule has 7 nitrogen and oxygen atoms in total. The minimum Gasteiger partial charge on any atom is -0.480 e. The van der Waals surface area contributed by atoms with Gasteiger partial charge in [-0.1, -0.05) is 32.9 Å². The first-order chi connectivity index (χ1) is 12.2. The summed E-state index contributed by atoms with van der Waals surface area (Å²) in [7, 11) is -4.07. The molecule has 0 aliphatic carbocycles. The van der Waals surface area contributed by atoms with Crippen LogP contribution in [0.2, 0.25) is 0 Å². The number of amides is 1. The van der Waals surface area contributed by atoms with E-state index in [4.69, 9.17) is 0 Å². The van der Waals surface area contributed by atoms with Gasteiger partial charge in [0.15, 0.2) is 0 Å². The Morgan fingerprint density at radius 3 is 2.04 bits per heavy atom. The van der Waals surface area contributed by atoms with Gasteiger partial charge >= 0.3 is 5.97 Å². The smallest absolute Gasteiger partial charge is 0.321 e. The molecule has 1 rings (SSSR count). The third-order valence-electron chi connectivity index (χ3n) is 4.39. The van der Waals surface area contributed by atoms with E-state index in [0.717, 1.165) is 9.87 Å². The standard InChI is InChI=1S/C19H30N2O5S/c1-12-10-16(19(5,6)7)11-13(2)17(12)27(25,26)21(14(3)18(23)24)9-8-20-15(4)22/h10-11,14H,8-9H2,1-7H3,(H,20,22)(H,23,24). The molecule has 0 spiro atoms. The number of nitrogens with one attached hydrogen (secondary N) is 1. The van der Waals surface area contributed by atoms with Gasteiger partial charge in [0.25, 0.3) is 0 Å². The van der Waals surface area contributed by atoms with E-state index < -0.39 is 22.0 Å². The van der Waals surface area contributed by atoms with Crippen LogP contribution in [-0.2, 0) is 25.0 Å². The lowest BCUT2D eigenvalue weighted by Gasteiger charge is -2.28. The molecule has 0 fully saturated rings. The average Bonchev–Trinajstić information content (AvgIpc) is 2.48. The van der Waals surface area contributed by atoms with E-state index in [2.05, 4.69) is 5.32 Å². The zero-order valence-electron chi connectivity index (χ0n) is 17.1. The monoisotopic (exact) mass is 398 g/mol. The number of hydrogen-bond donors (Lipinski definition) is 2. The maximum atomic E-state index is 13.3. The zero-order valence-corrected chi connectivity index (χ0v) is 17.9. The van der Waals surface area contributed by atoms with Gasteiger partial charge < -0.3 is 10.4 Å². The van der Waals surface area contributed by atoms with E-state index in [0.29, 0.717) is 11.1 Å². The molecule has 1 aromatic rings. The summed E-state index contributed by atoms with van der Waals surface area (Å²) in [6, 6.07) is 2.40. The highest BCUT2D eigenvalue weighted by Crippen LogP contribution is 2.31. The molecule has 0 heterocycles. The third-order valence-corrected chi connectivity index (χ3v) is 6.66. The van der Waals surface area contributed by atoms with Gasteiger partial charge in [0, 0.05) is 20.0 Å². The van der Waals surface area contributed by atoms with Gasteiger partial charge in [-0.15, -0.1) is 0 Å². The molecular weight excluding hydrogens is 368 g/mol. The maximum absolute atomic E-state index is 13.3. The number of carbonyl (C=O) groups is 2. The van der Waals surface area contributed by atoms with Gasteiger partial charge in [0.05, 0.1) is 4.90 Å². The van der Waals surface area contributed by atoms with Crippen LogP contribution in [0.4, 0.5) is 0 Å². The number of sulfonamides is 1. The van der Waals surface area contributed by atoms with Gasteiger partial charge in [0.2, 0.25) is 15.9 Å². The molecule has 0 radical (unpaired) electrons. The van der Waals surface area contributed by atoms with Crippen LogP contribution in [0.3, 0.4) is 0 Å². The predicted octanol–water partition coefficient (Wildman–Crippen LogP) is 2.20. The number of benzene rings is 1. The first-order valence-electron chi connectivity index (χ1n) is 8.80. The summed E-state index contributed by atoms with van der Waals surface area (Å²) in [5.74, 6) is -1.56. The van der Waals surface area contributed by atoms with Crippen molar-refractivity contribution in [3.8, 4) is 0 Å². The molecule has 0 aromatic heterocycles. The Hall–Kier alpha value is -1.93. The molecule has 27 heavy (non-hydrogen) atoms.